The van der Waals surface area contributed by atoms with E-state index in [1.54, 1.807) is 10.4 Å². The molecule has 3 aliphatic heterocycles. The Morgan fingerprint density at radius 1 is 0.800 bits per heavy atom. The van der Waals surface area contributed by atoms with Gasteiger partial charge >= 0.3 is 0 Å². The first kappa shape index (κ1) is 18.0. The fourth-order valence-electron chi connectivity index (χ4n) is 4.96. The summed E-state index contributed by atoms with van der Waals surface area (Å²) in [6, 6.07) is 2.48. The van der Waals surface area contributed by atoms with Gasteiger partial charge in [-0.05, 0) is 94.2 Å². The van der Waals surface area contributed by atoms with E-state index in [9.17, 15) is 0 Å². The van der Waals surface area contributed by atoms with Crippen molar-refractivity contribution in [2.45, 2.75) is 58.0 Å². The van der Waals surface area contributed by atoms with E-state index in [0.717, 1.165) is 5.92 Å². The average molecular weight is 362 g/mol. The molecule has 1 atom stereocenters. The van der Waals surface area contributed by atoms with Crippen molar-refractivity contribution in [3.63, 3.8) is 0 Å². The minimum absolute atomic E-state index is 0.899. The number of rotatable bonds is 6. The summed E-state index contributed by atoms with van der Waals surface area (Å²) in [7, 11) is 0. The highest BCUT2D eigenvalue weighted by atomic mass is 32.1. The summed E-state index contributed by atoms with van der Waals surface area (Å²) in [5, 5.41) is 2.41. The molecule has 0 N–H and O–H groups in total. The van der Waals surface area contributed by atoms with Gasteiger partial charge in [-0.15, -0.1) is 11.3 Å². The predicted molar refractivity (Wildman–Crippen MR) is 107 cm³/mol. The highest BCUT2D eigenvalue weighted by Crippen LogP contribution is 2.24. The third kappa shape index (κ3) is 5.29. The largest absolute Gasteiger partial charge is 0.303 e. The fourth-order valence-corrected chi connectivity index (χ4v) is 5.88. The van der Waals surface area contributed by atoms with Gasteiger partial charge in [0.25, 0.3) is 0 Å². The topological polar surface area (TPSA) is 9.72 Å². The lowest BCUT2D eigenvalue weighted by atomic mass is 9.96. The van der Waals surface area contributed by atoms with E-state index in [0.29, 0.717) is 0 Å². The summed E-state index contributed by atoms with van der Waals surface area (Å²) in [6.07, 6.45) is 9.91. The molecule has 0 saturated carbocycles. The smallest absolute Gasteiger partial charge is 0.0328 e. The zero-order valence-corrected chi connectivity index (χ0v) is 16.6. The average Bonchev–Trinajstić information content (AvgIpc) is 3.29. The first-order chi connectivity index (χ1) is 12.3. The van der Waals surface area contributed by atoms with Crippen LogP contribution in [0.2, 0.25) is 0 Å². The number of thiophene rings is 1. The van der Waals surface area contributed by atoms with Gasteiger partial charge in [0, 0.05) is 31.1 Å². The van der Waals surface area contributed by atoms with Crippen LogP contribution in [0.1, 0.15) is 55.4 Å². The Bertz CT molecular complexity index is 517. The van der Waals surface area contributed by atoms with Crippen LogP contribution in [0.25, 0.3) is 0 Å². The van der Waals surface area contributed by atoms with Gasteiger partial charge in [0.1, 0.15) is 0 Å². The molecule has 0 radical (unpaired) electrons. The van der Waals surface area contributed by atoms with Gasteiger partial charge < -0.3 is 4.90 Å². The molecule has 140 valence electrons. The van der Waals surface area contributed by atoms with Crippen LogP contribution in [0.3, 0.4) is 0 Å². The van der Waals surface area contributed by atoms with Crippen LogP contribution in [0.5, 0.6) is 0 Å². The lowest BCUT2D eigenvalue weighted by Gasteiger charge is -2.36. The third-order valence-corrected chi connectivity index (χ3v) is 7.23. The molecular formula is C21H35N3S. The van der Waals surface area contributed by atoms with Gasteiger partial charge in [0.15, 0.2) is 0 Å². The second-order valence-electron chi connectivity index (χ2n) is 8.51. The highest BCUT2D eigenvalue weighted by molar-refractivity contribution is 7.10. The van der Waals surface area contributed by atoms with Crippen LogP contribution in [0.15, 0.2) is 11.4 Å². The molecule has 25 heavy (non-hydrogen) atoms. The van der Waals surface area contributed by atoms with Gasteiger partial charge in [-0.25, -0.2) is 0 Å². The molecule has 3 fully saturated rings. The molecular weight excluding hydrogens is 326 g/mol. The zero-order valence-electron chi connectivity index (χ0n) is 15.8. The quantitative estimate of drug-likeness (QED) is 0.757. The summed E-state index contributed by atoms with van der Waals surface area (Å²) in [4.78, 5) is 9.65. The van der Waals surface area contributed by atoms with Crippen LogP contribution in [0, 0.1) is 5.92 Å². The van der Waals surface area contributed by atoms with Crippen LogP contribution < -0.4 is 0 Å². The Kier molecular flexibility index (Phi) is 6.46. The summed E-state index contributed by atoms with van der Waals surface area (Å²) in [5.41, 5.74) is 1.55. The molecule has 4 heterocycles. The lowest BCUT2D eigenvalue weighted by Crippen LogP contribution is -2.42. The lowest BCUT2D eigenvalue weighted by molar-refractivity contribution is 0.118. The fraction of sp³-hybridized carbons (Fsp3) is 0.810. The number of nitrogens with zero attached hydrogens (tertiary/aromatic N) is 3. The van der Waals surface area contributed by atoms with Gasteiger partial charge in [0.2, 0.25) is 0 Å². The van der Waals surface area contributed by atoms with Gasteiger partial charge in [-0.1, -0.05) is 6.42 Å². The number of likely N-dealkylation sites (tertiary alicyclic amines) is 3. The molecule has 0 aliphatic carbocycles. The standard InChI is InChI=1S/C21H35N3S/c1-2-8-22(9-3-1)14-19-7-6-12-24(15-19)17-21-13-20(18-25-21)16-23-10-4-5-11-23/h13,18-19H,1-12,14-17H2/t19-/m0/s1. The van der Waals surface area contributed by atoms with Crippen molar-refractivity contribution in [1.82, 2.24) is 14.7 Å². The van der Waals surface area contributed by atoms with Crippen molar-refractivity contribution in [3.8, 4) is 0 Å². The second-order valence-corrected chi connectivity index (χ2v) is 9.50. The molecule has 4 heteroatoms. The first-order valence-corrected chi connectivity index (χ1v) is 11.5. The van der Waals surface area contributed by atoms with Gasteiger partial charge in [-0.3, -0.25) is 9.80 Å². The summed E-state index contributed by atoms with van der Waals surface area (Å²) < 4.78 is 0. The van der Waals surface area contributed by atoms with Crippen LogP contribution >= 0.6 is 11.3 Å². The molecule has 1 aromatic heterocycles. The van der Waals surface area contributed by atoms with Gasteiger partial charge in [0.05, 0.1) is 0 Å². The maximum absolute atomic E-state index is 2.73. The molecule has 1 aromatic rings. The van der Waals surface area contributed by atoms with E-state index >= 15 is 0 Å². The van der Waals surface area contributed by atoms with E-state index in [1.165, 1.54) is 104 Å². The molecule has 4 rings (SSSR count). The van der Waals surface area contributed by atoms with Crippen LogP contribution in [-0.4, -0.2) is 60.5 Å². The minimum atomic E-state index is 0.899. The van der Waals surface area contributed by atoms with Crippen molar-refractivity contribution >= 4 is 11.3 Å². The molecule has 3 nitrogen and oxygen atoms in total. The van der Waals surface area contributed by atoms with Gasteiger partial charge in [-0.2, -0.15) is 0 Å². The van der Waals surface area contributed by atoms with Crippen molar-refractivity contribution in [3.05, 3.63) is 21.9 Å². The molecule has 0 bridgehead atoms. The van der Waals surface area contributed by atoms with E-state index in [2.05, 4.69) is 26.1 Å². The molecule has 0 aromatic carbocycles. The molecule has 0 unspecified atom stereocenters. The van der Waals surface area contributed by atoms with Crippen LogP contribution in [0.4, 0.5) is 0 Å². The second kappa shape index (κ2) is 8.98. The van der Waals surface area contributed by atoms with Crippen molar-refractivity contribution in [2.75, 3.05) is 45.8 Å². The predicted octanol–water partition coefficient (Wildman–Crippen LogP) is 4.04. The van der Waals surface area contributed by atoms with E-state index in [4.69, 9.17) is 0 Å². The zero-order chi connectivity index (χ0) is 16.9. The van der Waals surface area contributed by atoms with E-state index in [1.807, 2.05) is 11.3 Å². The Hall–Kier alpha value is -0.420. The van der Waals surface area contributed by atoms with Crippen molar-refractivity contribution in [2.24, 2.45) is 5.92 Å². The Balaban J connectivity index is 1.24. The summed E-state index contributed by atoms with van der Waals surface area (Å²) in [6.45, 7) is 11.6. The van der Waals surface area contributed by atoms with Crippen molar-refractivity contribution < 1.29 is 0 Å². The Morgan fingerprint density at radius 3 is 2.36 bits per heavy atom. The Labute approximate surface area is 158 Å². The van der Waals surface area contributed by atoms with E-state index in [-0.39, 0.29) is 0 Å². The highest BCUT2D eigenvalue weighted by Gasteiger charge is 2.23. The summed E-state index contributed by atoms with van der Waals surface area (Å²) in [5.74, 6) is 0.899. The number of hydrogen-bond acceptors (Lipinski definition) is 4. The monoisotopic (exact) mass is 361 g/mol. The number of hydrogen-bond donors (Lipinski definition) is 0. The minimum Gasteiger partial charge on any atom is -0.303 e. The molecule has 3 aliphatic rings. The Morgan fingerprint density at radius 2 is 1.52 bits per heavy atom. The SMILES string of the molecule is c1sc(CN2CCC[C@@H](CN3CCCCC3)C2)cc1CN1CCCC1. The first-order valence-electron chi connectivity index (χ1n) is 10.6. The maximum atomic E-state index is 2.73. The van der Waals surface area contributed by atoms with E-state index < -0.39 is 0 Å². The van der Waals surface area contributed by atoms with Crippen LogP contribution in [-0.2, 0) is 13.1 Å². The number of piperidine rings is 2. The maximum Gasteiger partial charge on any atom is 0.0328 e. The normalized spacial score (nSPS) is 27.1. The molecule has 0 amide bonds. The molecule has 3 saturated heterocycles. The summed E-state index contributed by atoms with van der Waals surface area (Å²) >= 11 is 1.98. The van der Waals surface area contributed by atoms with Crippen molar-refractivity contribution in [1.29, 1.82) is 0 Å². The molecule has 0 spiro atoms. The third-order valence-electron chi connectivity index (χ3n) is 6.26.